The van der Waals surface area contributed by atoms with Crippen molar-refractivity contribution < 1.29 is 14.3 Å². The Morgan fingerprint density at radius 1 is 1.10 bits per heavy atom. The molecule has 1 heterocycles. The van der Waals surface area contributed by atoms with E-state index in [1.165, 1.54) is 18.4 Å². The van der Waals surface area contributed by atoms with Gasteiger partial charge in [-0.15, -0.1) is 0 Å². The average molecular weight is 392 g/mol. The van der Waals surface area contributed by atoms with Crippen LogP contribution in [0.25, 0.3) is 5.57 Å². The summed E-state index contributed by atoms with van der Waals surface area (Å²) in [6.07, 6.45) is 6.69. The maximum atomic E-state index is 12.4. The number of benzene rings is 2. The third-order valence-corrected chi connectivity index (χ3v) is 5.60. The maximum Gasteiger partial charge on any atom is 0.321 e. The smallest absolute Gasteiger partial charge is 0.321 e. The second-order valence-electron chi connectivity index (χ2n) is 7.85. The largest absolute Gasteiger partial charge is 0.493 e. The SMILES string of the molecule is COc1ccc(C2=CNC(=O)N(Cc3cccc(C)c3)C2)cc1OC1CCCC1. The molecular weight excluding hydrogens is 364 g/mol. The van der Waals surface area contributed by atoms with E-state index >= 15 is 0 Å². The van der Waals surface area contributed by atoms with Crippen molar-refractivity contribution in [3.63, 3.8) is 0 Å². The van der Waals surface area contributed by atoms with E-state index in [4.69, 9.17) is 9.47 Å². The highest BCUT2D eigenvalue weighted by atomic mass is 16.5. The van der Waals surface area contributed by atoms with Crippen LogP contribution >= 0.6 is 0 Å². The van der Waals surface area contributed by atoms with Crippen LogP contribution in [0.3, 0.4) is 0 Å². The van der Waals surface area contributed by atoms with Gasteiger partial charge in [0.05, 0.1) is 13.2 Å². The first-order valence-corrected chi connectivity index (χ1v) is 10.3. The molecule has 0 radical (unpaired) electrons. The number of aryl methyl sites for hydroxylation is 1. The molecule has 1 aliphatic heterocycles. The lowest BCUT2D eigenvalue weighted by atomic mass is 10.0. The Balaban J connectivity index is 1.53. The lowest BCUT2D eigenvalue weighted by molar-refractivity contribution is 0.200. The molecule has 5 heteroatoms. The number of urea groups is 1. The van der Waals surface area contributed by atoms with E-state index in [1.54, 1.807) is 13.3 Å². The van der Waals surface area contributed by atoms with Gasteiger partial charge in [0.15, 0.2) is 11.5 Å². The topological polar surface area (TPSA) is 50.8 Å². The molecule has 2 aromatic rings. The van der Waals surface area contributed by atoms with E-state index < -0.39 is 0 Å². The van der Waals surface area contributed by atoms with Crippen molar-refractivity contribution in [2.24, 2.45) is 0 Å². The lowest BCUT2D eigenvalue weighted by Gasteiger charge is -2.28. The van der Waals surface area contributed by atoms with Gasteiger partial charge in [-0.05, 0) is 61.4 Å². The number of carbonyl (C=O) groups excluding carboxylic acids is 1. The molecule has 5 nitrogen and oxygen atoms in total. The van der Waals surface area contributed by atoms with Crippen LogP contribution in [0.15, 0.2) is 48.7 Å². The predicted octanol–water partition coefficient (Wildman–Crippen LogP) is 4.89. The summed E-state index contributed by atoms with van der Waals surface area (Å²) in [4.78, 5) is 14.2. The average Bonchev–Trinajstić information content (AvgIpc) is 3.23. The summed E-state index contributed by atoms with van der Waals surface area (Å²) in [6, 6.07) is 14.2. The highest BCUT2D eigenvalue weighted by Gasteiger charge is 2.23. The number of amides is 2. The quantitative estimate of drug-likeness (QED) is 0.761. The van der Waals surface area contributed by atoms with Crippen molar-refractivity contribution in [1.29, 1.82) is 0 Å². The van der Waals surface area contributed by atoms with Gasteiger partial charge < -0.3 is 19.7 Å². The van der Waals surface area contributed by atoms with Crippen LogP contribution in [0.2, 0.25) is 0 Å². The summed E-state index contributed by atoms with van der Waals surface area (Å²) in [5.41, 5.74) is 4.41. The highest BCUT2D eigenvalue weighted by Crippen LogP contribution is 2.34. The molecule has 4 rings (SSSR count). The fourth-order valence-corrected chi connectivity index (χ4v) is 4.05. The van der Waals surface area contributed by atoms with Gasteiger partial charge in [0.25, 0.3) is 0 Å². The van der Waals surface area contributed by atoms with Crippen molar-refractivity contribution in [1.82, 2.24) is 10.2 Å². The number of carbonyl (C=O) groups is 1. The van der Waals surface area contributed by atoms with E-state index in [1.807, 2.05) is 29.2 Å². The molecule has 0 atom stereocenters. The minimum absolute atomic E-state index is 0.0776. The van der Waals surface area contributed by atoms with Crippen molar-refractivity contribution in [2.75, 3.05) is 13.7 Å². The molecule has 0 bridgehead atoms. The zero-order valence-corrected chi connectivity index (χ0v) is 17.1. The van der Waals surface area contributed by atoms with Crippen molar-refractivity contribution in [3.8, 4) is 11.5 Å². The molecule has 2 aromatic carbocycles. The third-order valence-electron chi connectivity index (χ3n) is 5.60. The lowest BCUT2D eigenvalue weighted by Crippen LogP contribution is -2.41. The molecule has 0 aromatic heterocycles. The molecular formula is C24H28N2O3. The summed E-state index contributed by atoms with van der Waals surface area (Å²) in [5, 5.41) is 2.89. The van der Waals surface area contributed by atoms with Gasteiger partial charge in [-0.2, -0.15) is 0 Å². The van der Waals surface area contributed by atoms with Crippen LogP contribution in [-0.4, -0.2) is 30.7 Å². The first kappa shape index (κ1) is 19.4. The number of nitrogens with zero attached hydrogens (tertiary/aromatic N) is 1. The number of hydrogen-bond acceptors (Lipinski definition) is 3. The molecule has 2 amide bonds. The highest BCUT2D eigenvalue weighted by molar-refractivity contribution is 5.84. The molecule has 0 unspecified atom stereocenters. The van der Waals surface area contributed by atoms with Crippen LogP contribution in [0.1, 0.15) is 42.4 Å². The van der Waals surface area contributed by atoms with Crippen LogP contribution in [0.4, 0.5) is 4.79 Å². The fourth-order valence-electron chi connectivity index (χ4n) is 4.05. The molecule has 29 heavy (non-hydrogen) atoms. The molecule has 1 N–H and O–H groups in total. The second-order valence-corrected chi connectivity index (χ2v) is 7.85. The Labute approximate surface area is 172 Å². The zero-order valence-electron chi connectivity index (χ0n) is 17.1. The summed E-state index contributed by atoms with van der Waals surface area (Å²) in [7, 11) is 1.67. The van der Waals surface area contributed by atoms with Gasteiger partial charge in [-0.1, -0.05) is 35.9 Å². The number of hydrogen-bond donors (Lipinski definition) is 1. The van der Waals surface area contributed by atoms with Gasteiger partial charge >= 0.3 is 6.03 Å². The summed E-state index contributed by atoms with van der Waals surface area (Å²) >= 11 is 0. The van der Waals surface area contributed by atoms with Crippen LogP contribution < -0.4 is 14.8 Å². The monoisotopic (exact) mass is 392 g/mol. The molecule has 1 aliphatic carbocycles. The van der Waals surface area contributed by atoms with Crippen LogP contribution in [0.5, 0.6) is 11.5 Å². The fraction of sp³-hybridized carbons (Fsp3) is 0.375. The van der Waals surface area contributed by atoms with Crippen molar-refractivity contribution in [2.45, 2.75) is 45.3 Å². The number of rotatable bonds is 6. The van der Waals surface area contributed by atoms with E-state index in [0.29, 0.717) is 13.1 Å². The standard InChI is InChI=1S/C24H28N2O3/c1-17-6-5-7-18(12-17)15-26-16-20(14-25-24(26)27)19-10-11-22(28-2)23(13-19)29-21-8-3-4-9-21/h5-7,10-14,21H,3-4,8-9,15-16H2,1-2H3,(H,25,27). The Morgan fingerprint density at radius 3 is 2.69 bits per heavy atom. The number of nitrogens with one attached hydrogen (secondary N) is 1. The van der Waals surface area contributed by atoms with Crippen LogP contribution in [-0.2, 0) is 6.54 Å². The first-order chi connectivity index (χ1) is 14.1. The molecule has 152 valence electrons. The normalized spacial score (nSPS) is 17.1. The van der Waals surface area contributed by atoms with Crippen molar-refractivity contribution in [3.05, 3.63) is 65.4 Å². The van der Waals surface area contributed by atoms with Gasteiger partial charge in [0.2, 0.25) is 0 Å². The predicted molar refractivity (Wildman–Crippen MR) is 114 cm³/mol. The van der Waals surface area contributed by atoms with E-state index in [2.05, 4.69) is 30.4 Å². The Morgan fingerprint density at radius 2 is 1.93 bits per heavy atom. The van der Waals surface area contributed by atoms with Crippen molar-refractivity contribution >= 4 is 11.6 Å². The van der Waals surface area contributed by atoms with E-state index in [-0.39, 0.29) is 12.1 Å². The number of methoxy groups -OCH3 is 1. The summed E-state index contributed by atoms with van der Waals surface area (Å²) < 4.78 is 11.7. The summed E-state index contributed by atoms with van der Waals surface area (Å²) in [6.45, 7) is 3.19. The molecule has 2 aliphatic rings. The van der Waals surface area contributed by atoms with Gasteiger partial charge in [0.1, 0.15) is 0 Å². The second kappa shape index (κ2) is 8.60. The third kappa shape index (κ3) is 4.56. The zero-order chi connectivity index (χ0) is 20.2. The molecule has 1 fully saturated rings. The Kier molecular flexibility index (Phi) is 5.74. The minimum Gasteiger partial charge on any atom is -0.493 e. The molecule has 0 spiro atoms. The Bertz CT molecular complexity index is 916. The van der Waals surface area contributed by atoms with E-state index in [9.17, 15) is 4.79 Å². The summed E-state index contributed by atoms with van der Waals surface area (Å²) in [5.74, 6) is 1.53. The maximum absolute atomic E-state index is 12.4. The van der Waals surface area contributed by atoms with Gasteiger partial charge in [-0.3, -0.25) is 0 Å². The van der Waals surface area contributed by atoms with E-state index in [0.717, 1.165) is 41.0 Å². The van der Waals surface area contributed by atoms with Gasteiger partial charge in [-0.25, -0.2) is 4.79 Å². The molecule has 0 saturated heterocycles. The van der Waals surface area contributed by atoms with Crippen LogP contribution in [0, 0.1) is 6.92 Å². The molecule has 1 saturated carbocycles. The van der Waals surface area contributed by atoms with Gasteiger partial charge in [0, 0.05) is 19.3 Å². The Hall–Kier alpha value is -2.95. The number of ether oxygens (including phenoxy) is 2. The first-order valence-electron chi connectivity index (χ1n) is 10.3. The minimum atomic E-state index is -0.0776.